The minimum atomic E-state index is -0.318. The van der Waals surface area contributed by atoms with Gasteiger partial charge >= 0.3 is 0 Å². The van der Waals surface area contributed by atoms with Gasteiger partial charge in [0.05, 0.1) is 0 Å². The normalized spacial score (nSPS) is 10.3. The van der Waals surface area contributed by atoms with Crippen LogP contribution >= 0.6 is 11.3 Å². The van der Waals surface area contributed by atoms with Crippen LogP contribution < -0.4 is 0 Å². The second-order valence-corrected chi connectivity index (χ2v) is 5.10. The lowest BCUT2D eigenvalue weighted by atomic mass is 10.2. The van der Waals surface area contributed by atoms with Crippen LogP contribution in [0.4, 0.5) is 0 Å². The van der Waals surface area contributed by atoms with Gasteiger partial charge in [0.25, 0.3) is 6.47 Å². The Bertz CT molecular complexity index is 384. The molecular formula is C12H16N2O2S. The Balaban J connectivity index is 0.000000185. The van der Waals surface area contributed by atoms with Crippen LogP contribution in [0.3, 0.4) is 0 Å². The smallest absolute Gasteiger partial charge is 0.293 e. The highest BCUT2D eigenvalue weighted by molar-refractivity contribution is 7.12. The van der Waals surface area contributed by atoms with Crippen LogP contribution in [0.25, 0.3) is 5.13 Å². The summed E-state index contributed by atoms with van der Waals surface area (Å²) in [6, 6.07) is 3.98. The zero-order valence-electron chi connectivity index (χ0n) is 10.2. The molecule has 0 aliphatic rings. The fraction of sp³-hybridized carbons (Fsp3) is 0.333. The molecule has 17 heavy (non-hydrogen) atoms. The molecule has 2 aromatic heterocycles. The second kappa shape index (κ2) is 6.20. The SMILES string of the molecule is CC(C)(C)OC=O.c1ccn(-c2nccs2)c1. The van der Waals surface area contributed by atoms with Crippen molar-refractivity contribution in [2.24, 2.45) is 0 Å². The van der Waals surface area contributed by atoms with Crippen LogP contribution in [0.1, 0.15) is 20.8 Å². The average Bonchev–Trinajstić information content (AvgIpc) is 2.90. The van der Waals surface area contributed by atoms with Crippen molar-refractivity contribution >= 4 is 17.8 Å². The zero-order valence-corrected chi connectivity index (χ0v) is 11.0. The van der Waals surface area contributed by atoms with Gasteiger partial charge in [-0.25, -0.2) is 4.98 Å². The first-order chi connectivity index (χ1) is 8.03. The number of hydrogen-bond donors (Lipinski definition) is 0. The van der Waals surface area contributed by atoms with Gasteiger partial charge in [0.15, 0.2) is 5.13 Å². The Hall–Kier alpha value is -1.62. The van der Waals surface area contributed by atoms with E-state index in [0.29, 0.717) is 6.47 Å². The van der Waals surface area contributed by atoms with Gasteiger partial charge in [0.2, 0.25) is 0 Å². The number of thiazole rings is 1. The van der Waals surface area contributed by atoms with Crippen molar-refractivity contribution in [3.63, 3.8) is 0 Å². The molecule has 4 nitrogen and oxygen atoms in total. The molecule has 0 fully saturated rings. The van der Waals surface area contributed by atoms with Gasteiger partial charge in [0, 0.05) is 24.0 Å². The summed E-state index contributed by atoms with van der Waals surface area (Å²) in [5.41, 5.74) is -0.318. The highest BCUT2D eigenvalue weighted by Crippen LogP contribution is 2.09. The van der Waals surface area contributed by atoms with Gasteiger partial charge in [-0.1, -0.05) is 0 Å². The number of rotatable bonds is 2. The summed E-state index contributed by atoms with van der Waals surface area (Å²) in [7, 11) is 0. The minimum absolute atomic E-state index is 0.318. The highest BCUT2D eigenvalue weighted by Gasteiger charge is 2.07. The fourth-order valence-electron chi connectivity index (χ4n) is 0.950. The molecule has 92 valence electrons. The molecule has 5 heteroatoms. The number of ether oxygens (including phenoxy) is 1. The number of carbonyl (C=O) groups excluding carboxylic acids is 1. The molecule has 0 unspecified atom stereocenters. The third kappa shape index (κ3) is 5.31. The molecule has 0 N–H and O–H groups in total. The maximum Gasteiger partial charge on any atom is 0.293 e. The molecule has 0 saturated heterocycles. The molecule has 0 spiro atoms. The van der Waals surface area contributed by atoms with Crippen molar-refractivity contribution in [2.75, 3.05) is 0 Å². The van der Waals surface area contributed by atoms with E-state index in [1.54, 1.807) is 17.5 Å². The second-order valence-electron chi connectivity index (χ2n) is 4.23. The maximum atomic E-state index is 9.60. The van der Waals surface area contributed by atoms with Gasteiger partial charge in [-0.15, -0.1) is 11.3 Å². The van der Waals surface area contributed by atoms with Gasteiger partial charge in [-0.3, -0.25) is 4.79 Å². The van der Waals surface area contributed by atoms with Crippen LogP contribution in [0.5, 0.6) is 0 Å². The number of carbonyl (C=O) groups is 1. The molecule has 2 rings (SSSR count). The number of hydrogen-bond acceptors (Lipinski definition) is 4. The first kappa shape index (κ1) is 13.4. The monoisotopic (exact) mass is 252 g/mol. The predicted octanol–water partition coefficient (Wildman–Crippen LogP) is 2.89. The molecule has 0 amide bonds. The van der Waals surface area contributed by atoms with E-state index in [-0.39, 0.29) is 5.60 Å². The first-order valence-corrected chi connectivity index (χ1v) is 6.05. The van der Waals surface area contributed by atoms with E-state index in [2.05, 4.69) is 9.72 Å². The van der Waals surface area contributed by atoms with Crippen LogP contribution in [-0.2, 0) is 9.53 Å². The summed E-state index contributed by atoms with van der Waals surface area (Å²) in [4.78, 5) is 13.7. The van der Waals surface area contributed by atoms with Crippen LogP contribution in [-0.4, -0.2) is 21.6 Å². The highest BCUT2D eigenvalue weighted by atomic mass is 32.1. The largest absolute Gasteiger partial charge is 0.462 e. The third-order valence-electron chi connectivity index (χ3n) is 1.65. The fourth-order valence-corrected chi connectivity index (χ4v) is 1.56. The Labute approximate surface area is 105 Å². The van der Waals surface area contributed by atoms with Crippen molar-refractivity contribution in [3.8, 4) is 5.13 Å². The molecule has 2 aromatic rings. The molecule has 0 bridgehead atoms. The minimum Gasteiger partial charge on any atom is -0.462 e. The predicted molar refractivity (Wildman–Crippen MR) is 68.3 cm³/mol. The molecule has 0 aromatic carbocycles. The van der Waals surface area contributed by atoms with Crippen molar-refractivity contribution in [2.45, 2.75) is 26.4 Å². The molecular weight excluding hydrogens is 236 g/mol. The molecule has 0 atom stereocenters. The van der Waals surface area contributed by atoms with Gasteiger partial charge < -0.3 is 9.30 Å². The lowest BCUT2D eigenvalue weighted by Crippen LogP contribution is -2.17. The molecule has 0 saturated carbocycles. The van der Waals surface area contributed by atoms with E-state index >= 15 is 0 Å². The van der Waals surface area contributed by atoms with E-state index in [0.717, 1.165) is 5.13 Å². The lowest BCUT2D eigenvalue weighted by Gasteiger charge is -2.14. The zero-order chi connectivity index (χ0) is 12.7. The molecule has 0 radical (unpaired) electrons. The molecule has 2 heterocycles. The Morgan fingerprint density at radius 1 is 1.35 bits per heavy atom. The van der Waals surface area contributed by atoms with Crippen molar-refractivity contribution in [1.82, 2.24) is 9.55 Å². The maximum absolute atomic E-state index is 9.60. The van der Waals surface area contributed by atoms with E-state index < -0.39 is 0 Å². The van der Waals surface area contributed by atoms with Crippen LogP contribution in [0.15, 0.2) is 36.1 Å². The first-order valence-electron chi connectivity index (χ1n) is 5.17. The van der Waals surface area contributed by atoms with E-state index in [9.17, 15) is 4.79 Å². The van der Waals surface area contributed by atoms with Crippen LogP contribution in [0, 0.1) is 0 Å². The standard InChI is InChI=1S/C7H6N2S.C5H10O2/c1-2-5-9(4-1)7-8-3-6-10-7;1-5(2,3)7-4-6/h1-6H;4H,1-3H3. The van der Waals surface area contributed by atoms with Crippen molar-refractivity contribution in [3.05, 3.63) is 36.1 Å². The summed E-state index contributed by atoms with van der Waals surface area (Å²) in [5.74, 6) is 0. The van der Waals surface area contributed by atoms with Gasteiger partial charge in [-0.2, -0.15) is 0 Å². The van der Waals surface area contributed by atoms with Crippen LogP contribution in [0.2, 0.25) is 0 Å². The number of aromatic nitrogens is 2. The topological polar surface area (TPSA) is 44.1 Å². The summed E-state index contributed by atoms with van der Waals surface area (Å²) in [6.45, 7) is 5.92. The van der Waals surface area contributed by atoms with E-state index in [4.69, 9.17) is 0 Å². The van der Waals surface area contributed by atoms with Crippen molar-refractivity contribution < 1.29 is 9.53 Å². The Morgan fingerprint density at radius 2 is 2.00 bits per heavy atom. The van der Waals surface area contributed by atoms with E-state index in [1.807, 2.05) is 55.2 Å². The average molecular weight is 252 g/mol. The quantitative estimate of drug-likeness (QED) is 0.772. The summed E-state index contributed by atoms with van der Waals surface area (Å²) in [5, 5.41) is 2.99. The van der Waals surface area contributed by atoms with E-state index in [1.165, 1.54) is 0 Å². The van der Waals surface area contributed by atoms with Gasteiger partial charge in [-0.05, 0) is 32.9 Å². The van der Waals surface area contributed by atoms with Crippen molar-refractivity contribution in [1.29, 1.82) is 0 Å². The Kier molecular flexibility index (Phi) is 4.90. The molecule has 0 aliphatic carbocycles. The van der Waals surface area contributed by atoms with Gasteiger partial charge in [0.1, 0.15) is 5.60 Å². The Morgan fingerprint density at radius 3 is 2.35 bits per heavy atom. The summed E-state index contributed by atoms with van der Waals surface area (Å²) >= 11 is 1.63. The summed E-state index contributed by atoms with van der Waals surface area (Å²) in [6.07, 6.45) is 5.78. The summed E-state index contributed by atoms with van der Waals surface area (Å²) < 4.78 is 6.54. The number of nitrogens with zero attached hydrogens (tertiary/aromatic N) is 2. The lowest BCUT2D eigenvalue weighted by molar-refractivity contribution is -0.138. The third-order valence-corrected chi connectivity index (χ3v) is 2.43. The molecule has 0 aliphatic heterocycles.